The molecule has 0 bridgehead atoms. The molecule has 1 aromatic heterocycles. The van der Waals surface area contributed by atoms with E-state index >= 15 is 0 Å². The third-order valence-corrected chi connectivity index (χ3v) is 3.43. The Morgan fingerprint density at radius 3 is 2.27 bits per heavy atom. The van der Waals surface area contributed by atoms with E-state index in [-0.39, 0.29) is 0 Å². The number of alkyl halides is 2. The highest BCUT2D eigenvalue weighted by molar-refractivity contribution is 8.13. The Morgan fingerprint density at radius 1 is 1.33 bits per heavy atom. The van der Waals surface area contributed by atoms with E-state index < -0.39 is 36.2 Å². The molecule has 9 heteroatoms. The second-order valence-electron chi connectivity index (χ2n) is 2.38. The highest BCUT2D eigenvalue weighted by Crippen LogP contribution is 2.32. The van der Waals surface area contributed by atoms with Crippen LogP contribution in [0.15, 0.2) is 11.0 Å². The predicted octanol–water partition coefficient (Wildman–Crippen LogP) is 3.25. The lowest BCUT2D eigenvalue weighted by Gasteiger charge is -2.05. The zero-order valence-corrected chi connectivity index (χ0v) is 9.80. The van der Waals surface area contributed by atoms with Crippen LogP contribution in [0.5, 0.6) is 0 Å². The van der Waals surface area contributed by atoms with E-state index in [1.54, 1.807) is 0 Å². The Labute approximate surface area is 98.4 Å². The smallest absolute Gasteiger partial charge is 0.232 e. The summed E-state index contributed by atoms with van der Waals surface area (Å²) in [6.07, 6.45) is -2.94. The average molecular weight is 297 g/mol. The van der Waals surface area contributed by atoms with E-state index in [9.17, 15) is 17.2 Å². The normalized spacial score (nSPS) is 12.1. The maximum atomic E-state index is 12.2. The molecular weight excluding hydrogens is 294 g/mol. The fourth-order valence-corrected chi connectivity index (χ4v) is 2.51. The number of aromatic nitrogens is 1. The number of hydrogen-bond donors (Lipinski definition) is 0. The third kappa shape index (κ3) is 2.90. The van der Waals surface area contributed by atoms with Gasteiger partial charge in [-0.25, -0.2) is 22.2 Å². The van der Waals surface area contributed by atoms with Gasteiger partial charge in [0, 0.05) is 10.7 Å². The topological polar surface area (TPSA) is 47.0 Å². The molecule has 0 aliphatic rings. The maximum Gasteiger partial charge on any atom is 0.281 e. The van der Waals surface area contributed by atoms with Gasteiger partial charge in [-0.05, 0) is 6.07 Å². The second-order valence-corrected chi connectivity index (χ2v) is 5.68. The van der Waals surface area contributed by atoms with Crippen LogP contribution in [0.4, 0.5) is 8.78 Å². The van der Waals surface area contributed by atoms with Crippen LogP contribution in [-0.2, 0) is 9.05 Å². The molecule has 0 unspecified atom stereocenters. The lowest BCUT2D eigenvalue weighted by atomic mass is 10.3. The van der Waals surface area contributed by atoms with Gasteiger partial charge >= 0.3 is 0 Å². The van der Waals surface area contributed by atoms with E-state index in [0.29, 0.717) is 0 Å². The van der Waals surface area contributed by atoms with E-state index in [0.717, 1.165) is 6.07 Å². The number of nitrogens with zero attached hydrogens (tertiary/aromatic N) is 1. The molecule has 0 aromatic carbocycles. The van der Waals surface area contributed by atoms with Crippen molar-refractivity contribution in [2.45, 2.75) is 11.3 Å². The van der Waals surface area contributed by atoms with Gasteiger partial charge in [0.1, 0.15) is 15.7 Å². The number of rotatable bonds is 2. The van der Waals surface area contributed by atoms with Crippen LogP contribution in [0.3, 0.4) is 0 Å². The van der Waals surface area contributed by atoms with Crippen molar-refractivity contribution < 1.29 is 17.2 Å². The van der Waals surface area contributed by atoms with Gasteiger partial charge in [0.25, 0.3) is 15.5 Å². The Bertz CT molecular complexity index is 491. The van der Waals surface area contributed by atoms with Gasteiger partial charge in [0.15, 0.2) is 0 Å². The first-order valence-corrected chi connectivity index (χ1v) is 6.38. The van der Waals surface area contributed by atoms with E-state index in [4.69, 9.17) is 33.9 Å². The van der Waals surface area contributed by atoms with E-state index in [2.05, 4.69) is 4.98 Å². The van der Waals surface area contributed by atoms with Gasteiger partial charge in [-0.2, -0.15) is 0 Å². The monoisotopic (exact) mass is 295 g/mol. The Hall–Kier alpha value is -0.170. The first-order valence-electron chi connectivity index (χ1n) is 3.32. The first kappa shape index (κ1) is 12.9. The molecule has 0 aliphatic heterocycles. The lowest BCUT2D eigenvalue weighted by molar-refractivity contribution is 0.146. The van der Waals surface area contributed by atoms with Gasteiger partial charge < -0.3 is 0 Å². The summed E-state index contributed by atoms with van der Waals surface area (Å²) in [5, 5.41) is -1.14. The molecule has 0 spiro atoms. The summed E-state index contributed by atoms with van der Waals surface area (Å²) < 4.78 is 46.3. The molecular formula is C6H2Cl3F2NO2S. The van der Waals surface area contributed by atoms with Crippen molar-refractivity contribution in [1.29, 1.82) is 0 Å². The van der Waals surface area contributed by atoms with Crippen molar-refractivity contribution in [2.75, 3.05) is 0 Å². The zero-order valence-electron chi connectivity index (χ0n) is 6.72. The third-order valence-electron chi connectivity index (χ3n) is 1.39. The molecule has 1 heterocycles. The van der Waals surface area contributed by atoms with Gasteiger partial charge in [0.05, 0.1) is 5.02 Å². The molecule has 84 valence electrons. The van der Waals surface area contributed by atoms with Crippen molar-refractivity contribution in [3.8, 4) is 0 Å². The highest BCUT2D eigenvalue weighted by Gasteiger charge is 2.22. The van der Waals surface area contributed by atoms with E-state index in [1.165, 1.54) is 0 Å². The fourth-order valence-electron chi connectivity index (χ4n) is 0.787. The van der Waals surface area contributed by atoms with Crippen LogP contribution in [0.25, 0.3) is 0 Å². The number of hydrogen-bond acceptors (Lipinski definition) is 3. The molecule has 0 saturated carbocycles. The molecule has 0 saturated heterocycles. The average Bonchev–Trinajstić information content (AvgIpc) is 2.06. The molecule has 0 amide bonds. The summed E-state index contributed by atoms with van der Waals surface area (Å²) in [6, 6.07) is 0.737. The molecule has 3 nitrogen and oxygen atoms in total. The van der Waals surface area contributed by atoms with Crippen molar-refractivity contribution in [2.24, 2.45) is 0 Å². The van der Waals surface area contributed by atoms with Crippen LogP contribution in [0.1, 0.15) is 12.1 Å². The molecule has 15 heavy (non-hydrogen) atoms. The van der Waals surface area contributed by atoms with Crippen LogP contribution in [-0.4, -0.2) is 13.4 Å². The summed E-state index contributed by atoms with van der Waals surface area (Å²) in [5.74, 6) is 0. The van der Waals surface area contributed by atoms with Gasteiger partial charge in [-0.15, -0.1) is 0 Å². The zero-order chi connectivity index (χ0) is 11.8. The standard InChI is InChI=1S/C6H2Cl3F2NO2S/c7-2-1-3(15(9,13)14)5(8)12-4(2)6(10)11/h1,6H. The SMILES string of the molecule is O=S(=O)(Cl)c1cc(Cl)c(C(F)F)nc1Cl. The molecule has 1 rings (SSSR count). The van der Waals surface area contributed by atoms with Crippen LogP contribution < -0.4 is 0 Å². The quantitative estimate of drug-likeness (QED) is 0.621. The number of halogens is 5. The molecule has 0 radical (unpaired) electrons. The van der Waals surface area contributed by atoms with Crippen molar-refractivity contribution in [3.63, 3.8) is 0 Å². The maximum absolute atomic E-state index is 12.2. The summed E-state index contributed by atoms with van der Waals surface area (Å²) in [7, 11) is 0.819. The summed E-state index contributed by atoms with van der Waals surface area (Å²) in [6.45, 7) is 0. The minimum absolute atomic E-state index is 0.506. The second kappa shape index (κ2) is 4.37. The molecule has 1 aromatic rings. The molecule has 0 atom stereocenters. The van der Waals surface area contributed by atoms with Crippen molar-refractivity contribution >= 4 is 42.9 Å². The number of pyridine rings is 1. The van der Waals surface area contributed by atoms with Gasteiger partial charge in [-0.1, -0.05) is 23.2 Å². The Kier molecular flexibility index (Phi) is 3.76. The Balaban J connectivity index is 3.46. The van der Waals surface area contributed by atoms with Crippen LogP contribution >= 0.6 is 33.9 Å². The minimum atomic E-state index is -4.15. The molecule has 0 aliphatic carbocycles. The predicted molar refractivity (Wildman–Crippen MR) is 52.3 cm³/mol. The van der Waals surface area contributed by atoms with Crippen molar-refractivity contribution in [1.82, 2.24) is 4.98 Å². The minimum Gasteiger partial charge on any atom is -0.232 e. The van der Waals surface area contributed by atoms with Crippen LogP contribution in [0.2, 0.25) is 10.2 Å². The molecule has 0 fully saturated rings. The Morgan fingerprint density at radius 2 is 1.87 bits per heavy atom. The summed E-state index contributed by atoms with van der Waals surface area (Å²) >= 11 is 10.7. The fraction of sp³-hybridized carbons (Fsp3) is 0.167. The first-order chi connectivity index (χ1) is 6.73. The summed E-state index contributed by atoms with van der Waals surface area (Å²) in [5.41, 5.74) is -0.786. The largest absolute Gasteiger partial charge is 0.281 e. The lowest BCUT2D eigenvalue weighted by Crippen LogP contribution is -1.99. The highest BCUT2D eigenvalue weighted by atomic mass is 35.7. The van der Waals surface area contributed by atoms with Gasteiger partial charge in [-0.3, -0.25) is 0 Å². The molecule has 0 N–H and O–H groups in total. The van der Waals surface area contributed by atoms with Crippen molar-refractivity contribution in [3.05, 3.63) is 21.9 Å². The van der Waals surface area contributed by atoms with E-state index in [1.807, 2.05) is 0 Å². The van der Waals surface area contributed by atoms with Gasteiger partial charge in [0.2, 0.25) is 0 Å². The van der Waals surface area contributed by atoms with Crippen LogP contribution in [0, 0.1) is 0 Å². The summed E-state index contributed by atoms with van der Waals surface area (Å²) in [4.78, 5) is 2.56.